The number of hydrogen-bond donors (Lipinski definition) is 3. The summed E-state index contributed by atoms with van der Waals surface area (Å²) in [5, 5.41) is 10.4. The monoisotopic (exact) mass is 584 g/mol. The van der Waals surface area contributed by atoms with Crippen LogP contribution in [0, 0.1) is 6.92 Å². The lowest BCUT2D eigenvalue weighted by Gasteiger charge is -2.35. The molecule has 43 heavy (non-hydrogen) atoms. The summed E-state index contributed by atoms with van der Waals surface area (Å²) in [4.78, 5) is 28.5. The van der Waals surface area contributed by atoms with Crippen LogP contribution in [0.2, 0.25) is 0 Å². The number of nitrogens with zero attached hydrogens (tertiary/aromatic N) is 1. The van der Waals surface area contributed by atoms with E-state index in [1.165, 1.54) is 0 Å². The fourth-order valence-corrected chi connectivity index (χ4v) is 5.98. The molecule has 1 heterocycles. The lowest BCUT2D eigenvalue weighted by Crippen LogP contribution is -2.49. The molecular weight excluding hydrogens is 540 g/mol. The number of anilines is 3. The van der Waals surface area contributed by atoms with E-state index < -0.39 is 5.60 Å². The van der Waals surface area contributed by atoms with Crippen LogP contribution in [0.25, 0.3) is 0 Å². The van der Waals surface area contributed by atoms with E-state index in [1.807, 2.05) is 68.1 Å². The smallest absolute Gasteiger partial charge is 0.407 e. The molecule has 0 radical (unpaired) electrons. The SMILES string of the molecule is COc1ccc(CN2CCc3cc(N[C@@H]4CCCC[C@@H]4NC(=O)OC(C)(C)C)cc(Nc4cccc(C)c4)c3C2=O)cc1. The number of carbonyl (C=O) groups is 2. The first-order chi connectivity index (χ1) is 20.6. The Morgan fingerprint density at radius 1 is 0.977 bits per heavy atom. The van der Waals surface area contributed by atoms with E-state index in [1.54, 1.807) is 7.11 Å². The number of methoxy groups -OCH3 is 1. The van der Waals surface area contributed by atoms with E-state index in [2.05, 4.69) is 41.1 Å². The van der Waals surface area contributed by atoms with Gasteiger partial charge in [0.05, 0.1) is 24.4 Å². The van der Waals surface area contributed by atoms with Gasteiger partial charge in [-0.05, 0) is 100 Å². The van der Waals surface area contributed by atoms with Crippen molar-refractivity contribution in [2.24, 2.45) is 0 Å². The van der Waals surface area contributed by atoms with Crippen molar-refractivity contribution in [2.45, 2.75) is 84.0 Å². The van der Waals surface area contributed by atoms with Crippen molar-refractivity contribution in [1.29, 1.82) is 0 Å². The van der Waals surface area contributed by atoms with Crippen molar-refractivity contribution in [1.82, 2.24) is 10.2 Å². The highest BCUT2D eigenvalue weighted by atomic mass is 16.6. The average molecular weight is 585 g/mol. The van der Waals surface area contributed by atoms with Gasteiger partial charge in [0.15, 0.2) is 0 Å². The number of rotatable bonds is 8. The summed E-state index contributed by atoms with van der Waals surface area (Å²) in [5.74, 6) is 0.811. The van der Waals surface area contributed by atoms with Crippen LogP contribution in [0.4, 0.5) is 21.9 Å². The highest BCUT2D eigenvalue weighted by Gasteiger charge is 2.31. The second-order valence-electron chi connectivity index (χ2n) is 12.7. The van der Waals surface area contributed by atoms with E-state index in [4.69, 9.17) is 9.47 Å². The number of ether oxygens (including phenoxy) is 2. The average Bonchev–Trinajstić information content (AvgIpc) is 2.95. The van der Waals surface area contributed by atoms with E-state index in [0.717, 1.165) is 71.6 Å². The van der Waals surface area contributed by atoms with Crippen LogP contribution in [-0.2, 0) is 17.7 Å². The molecule has 3 aromatic rings. The number of carbonyl (C=O) groups excluding carboxylic acids is 2. The summed E-state index contributed by atoms with van der Waals surface area (Å²) in [5.41, 5.74) is 6.02. The Hall–Kier alpha value is -4.20. The van der Waals surface area contributed by atoms with Crippen LogP contribution in [0.1, 0.15) is 73.5 Å². The maximum atomic E-state index is 14.0. The Bertz CT molecular complexity index is 1450. The largest absolute Gasteiger partial charge is 0.497 e. The van der Waals surface area contributed by atoms with Gasteiger partial charge >= 0.3 is 6.09 Å². The zero-order chi connectivity index (χ0) is 30.6. The molecule has 3 N–H and O–H groups in total. The van der Waals surface area contributed by atoms with Gasteiger partial charge in [-0.2, -0.15) is 0 Å². The first-order valence-electron chi connectivity index (χ1n) is 15.3. The molecule has 2 aliphatic rings. The Labute approximate surface area is 255 Å². The molecule has 5 rings (SSSR count). The van der Waals surface area contributed by atoms with Crippen molar-refractivity contribution >= 4 is 29.1 Å². The molecule has 1 aliphatic heterocycles. The lowest BCUT2D eigenvalue weighted by atomic mass is 9.89. The first-order valence-corrected chi connectivity index (χ1v) is 15.3. The number of amides is 2. The predicted molar refractivity (Wildman–Crippen MR) is 171 cm³/mol. The zero-order valence-corrected chi connectivity index (χ0v) is 26.0. The third kappa shape index (κ3) is 7.80. The van der Waals surface area contributed by atoms with Gasteiger partial charge in [-0.3, -0.25) is 4.79 Å². The lowest BCUT2D eigenvalue weighted by molar-refractivity contribution is 0.0488. The number of alkyl carbamates (subject to hydrolysis) is 1. The molecule has 0 saturated heterocycles. The first kappa shape index (κ1) is 30.3. The van der Waals surface area contributed by atoms with Gasteiger partial charge in [0, 0.05) is 30.5 Å². The van der Waals surface area contributed by atoms with Crippen LogP contribution in [0.5, 0.6) is 5.75 Å². The van der Waals surface area contributed by atoms with Gasteiger partial charge in [-0.25, -0.2) is 4.79 Å². The molecule has 8 heteroatoms. The molecule has 228 valence electrons. The Balaban J connectivity index is 1.41. The molecule has 0 spiro atoms. The summed E-state index contributed by atoms with van der Waals surface area (Å²) in [7, 11) is 1.65. The van der Waals surface area contributed by atoms with Gasteiger partial charge in [0.25, 0.3) is 5.91 Å². The molecule has 1 saturated carbocycles. The molecule has 2 atom stereocenters. The normalized spacial score (nSPS) is 18.4. The third-order valence-corrected chi connectivity index (χ3v) is 8.02. The fraction of sp³-hybridized carbons (Fsp3) is 0.429. The molecule has 3 aromatic carbocycles. The van der Waals surface area contributed by atoms with Crippen molar-refractivity contribution in [2.75, 3.05) is 24.3 Å². The van der Waals surface area contributed by atoms with E-state index >= 15 is 0 Å². The van der Waals surface area contributed by atoms with Gasteiger partial charge < -0.3 is 30.3 Å². The van der Waals surface area contributed by atoms with Crippen molar-refractivity contribution in [3.8, 4) is 5.75 Å². The third-order valence-electron chi connectivity index (χ3n) is 8.02. The van der Waals surface area contributed by atoms with E-state index in [9.17, 15) is 9.59 Å². The minimum atomic E-state index is -0.551. The number of fused-ring (bicyclic) bond motifs is 1. The van der Waals surface area contributed by atoms with Crippen LogP contribution in [-0.4, -0.2) is 48.2 Å². The van der Waals surface area contributed by atoms with Crippen LogP contribution in [0.3, 0.4) is 0 Å². The molecule has 0 unspecified atom stereocenters. The molecule has 1 aliphatic carbocycles. The van der Waals surface area contributed by atoms with Crippen LogP contribution >= 0.6 is 0 Å². The summed E-state index contributed by atoms with van der Waals surface area (Å²) < 4.78 is 10.8. The molecule has 8 nitrogen and oxygen atoms in total. The Morgan fingerprint density at radius 2 is 1.72 bits per heavy atom. The van der Waals surface area contributed by atoms with Crippen LogP contribution in [0.15, 0.2) is 60.7 Å². The maximum absolute atomic E-state index is 14.0. The van der Waals surface area contributed by atoms with E-state index in [-0.39, 0.29) is 24.1 Å². The quantitative estimate of drug-likeness (QED) is 0.260. The number of hydrogen-bond acceptors (Lipinski definition) is 6. The van der Waals surface area contributed by atoms with Crippen molar-refractivity contribution in [3.05, 3.63) is 82.9 Å². The number of benzene rings is 3. The summed E-state index contributed by atoms with van der Waals surface area (Å²) in [6.45, 7) is 8.85. The van der Waals surface area contributed by atoms with Crippen molar-refractivity contribution < 1.29 is 19.1 Å². The molecular formula is C35H44N4O4. The summed E-state index contributed by atoms with van der Waals surface area (Å²) >= 11 is 0. The minimum absolute atomic E-state index is 0.0147. The van der Waals surface area contributed by atoms with E-state index in [0.29, 0.717) is 18.7 Å². The molecule has 0 aromatic heterocycles. The molecule has 0 bridgehead atoms. The zero-order valence-electron chi connectivity index (χ0n) is 26.0. The maximum Gasteiger partial charge on any atom is 0.407 e. The highest BCUT2D eigenvalue weighted by molar-refractivity contribution is 6.03. The van der Waals surface area contributed by atoms with Gasteiger partial charge in [0.1, 0.15) is 11.4 Å². The topological polar surface area (TPSA) is 91.9 Å². The summed E-state index contributed by atoms with van der Waals surface area (Å²) in [6.07, 6.45) is 4.33. The number of nitrogens with one attached hydrogen (secondary N) is 3. The standard InChI is InChI=1S/C35H44N4O4/c1-23-9-8-10-26(19-23)36-31-21-27(37-29-11-6-7-12-30(29)38-34(41)43-35(2,3)4)20-25-17-18-39(33(40)32(25)31)22-24-13-15-28(42-5)16-14-24/h8-10,13-16,19-21,29-30,36-37H,6-7,11-12,17-18,22H2,1-5H3,(H,38,41)/t29-,30+/m1/s1. The highest BCUT2D eigenvalue weighted by Crippen LogP contribution is 2.34. The minimum Gasteiger partial charge on any atom is -0.497 e. The van der Waals surface area contributed by atoms with Crippen molar-refractivity contribution in [3.63, 3.8) is 0 Å². The molecule has 1 fully saturated rings. The molecule has 2 amide bonds. The fourth-order valence-electron chi connectivity index (χ4n) is 5.98. The number of aryl methyl sites for hydroxylation is 1. The van der Waals surface area contributed by atoms with Gasteiger partial charge in [-0.15, -0.1) is 0 Å². The predicted octanol–water partition coefficient (Wildman–Crippen LogP) is 7.19. The van der Waals surface area contributed by atoms with Gasteiger partial charge in [0.2, 0.25) is 0 Å². The van der Waals surface area contributed by atoms with Gasteiger partial charge in [-0.1, -0.05) is 37.1 Å². The summed E-state index contributed by atoms with van der Waals surface area (Å²) in [6, 6.07) is 20.2. The Kier molecular flexibility index (Phi) is 9.14. The second kappa shape index (κ2) is 13.0. The second-order valence-corrected chi connectivity index (χ2v) is 12.7. The Morgan fingerprint density at radius 3 is 2.42 bits per heavy atom. The van der Waals surface area contributed by atoms with Crippen LogP contribution < -0.4 is 20.7 Å².